The van der Waals surface area contributed by atoms with E-state index in [0.717, 1.165) is 25.7 Å². The van der Waals surface area contributed by atoms with Crippen molar-refractivity contribution in [2.45, 2.75) is 71.1 Å². The molecule has 9 heteroatoms. The van der Waals surface area contributed by atoms with Gasteiger partial charge >= 0.3 is 12.1 Å². The van der Waals surface area contributed by atoms with Crippen molar-refractivity contribution in [1.82, 2.24) is 15.0 Å². The Bertz CT molecular complexity index is 985. The van der Waals surface area contributed by atoms with Gasteiger partial charge in [0.25, 0.3) is 0 Å². The van der Waals surface area contributed by atoms with Gasteiger partial charge in [-0.3, -0.25) is 4.79 Å². The Hall–Kier alpha value is -3.10. The summed E-state index contributed by atoms with van der Waals surface area (Å²) in [6.07, 6.45) is 6.26. The van der Waals surface area contributed by atoms with Gasteiger partial charge in [0.2, 0.25) is 0 Å². The summed E-state index contributed by atoms with van der Waals surface area (Å²) in [5.41, 5.74) is 1.87. The van der Waals surface area contributed by atoms with Crippen LogP contribution in [-0.4, -0.2) is 51.4 Å². The Labute approximate surface area is 193 Å². The topological polar surface area (TPSA) is 115 Å². The first-order chi connectivity index (χ1) is 15.8. The number of carboxylic acids is 1. The minimum Gasteiger partial charge on any atom is -0.489 e. The predicted molar refractivity (Wildman–Crippen MR) is 119 cm³/mol. The van der Waals surface area contributed by atoms with Gasteiger partial charge in [-0.1, -0.05) is 5.16 Å². The van der Waals surface area contributed by atoms with Crippen LogP contribution in [0.5, 0.6) is 5.75 Å². The third kappa shape index (κ3) is 5.46. The van der Waals surface area contributed by atoms with E-state index in [1.165, 1.54) is 0 Å². The summed E-state index contributed by atoms with van der Waals surface area (Å²) in [6, 6.07) is 3.70. The fourth-order valence-corrected chi connectivity index (χ4v) is 4.31. The van der Waals surface area contributed by atoms with Crippen LogP contribution in [0.2, 0.25) is 0 Å². The molecule has 2 fully saturated rings. The van der Waals surface area contributed by atoms with Gasteiger partial charge in [-0.2, -0.15) is 0 Å². The smallest absolute Gasteiger partial charge is 0.410 e. The first-order valence-corrected chi connectivity index (χ1v) is 11.5. The highest BCUT2D eigenvalue weighted by Gasteiger charge is 2.33. The van der Waals surface area contributed by atoms with Crippen molar-refractivity contribution in [2.24, 2.45) is 11.8 Å². The number of rotatable bonds is 8. The van der Waals surface area contributed by atoms with Crippen molar-refractivity contribution in [3.63, 3.8) is 0 Å². The van der Waals surface area contributed by atoms with E-state index in [9.17, 15) is 14.7 Å². The second-order valence-electron chi connectivity index (χ2n) is 9.14. The zero-order valence-corrected chi connectivity index (χ0v) is 19.3. The molecule has 4 rings (SSSR count). The number of aliphatic carboxylic acids is 1. The van der Waals surface area contributed by atoms with Gasteiger partial charge in [-0.25, -0.2) is 9.78 Å². The molecule has 2 heterocycles. The monoisotopic (exact) mass is 457 g/mol. The quantitative estimate of drug-likeness (QED) is 0.619. The second-order valence-corrected chi connectivity index (χ2v) is 9.14. The van der Waals surface area contributed by atoms with Crippen molar-refractivity contribution < 1.29 is 28.7 Å². The molecule has 1 N–H and O–H groups in total. The van der Waals surface area contributed by atoms with Crippen molar-refractivity contribution in [1.29, 1.82) is 0 Å². The van der Waals surface area contributed by atoms with E-state index < -0.39 is 5.97 Å². The fraction of sp³-hybridized carbons (Fsp3) is 0.583. The molecule has 0 spiro atoms. The van der Waals surface area contributed by atoms with E-state index in [4.69, 9.17) is 14.0 Å². The lowest BCUT2D eigenvalue weighted by Crippen LogP contribution is -2.36. The van der Waals surface area contributed by atoms with Crippen LogP contribution in [0.4, 0.5) is 4.79 Å². The molecule has 178 valence electrons. The first-order valence-electron chi connectivity index (χ1n) is 11.5. The third-order valence-corrected chi connectivity index (χ3v) is 6.77. The fourth-order valence-electron chi connectivity index (χ4n) is 4.31. The molecule has 0 unspecified atom stereocenters. The SMILES string of the molecule is Cc1noc(-c2ccc(O[C@H]3CCC[C@H](C(=O)O)C3)cn2)c1COC(=O)N(C)[C@H](C)C1CC1. The van der Waals surface area contributed by atoms with Crippen molar-refractivity contribution in [3.05, 3.63) is 29.6 Å². The summed E-state index contributed by atoms with van der Waals surface area (Å²) < 4.78 is 17.0. The molecule has 2 aromatic heterocycles. The van der Waals surface area contributed by atoms with Gasteiger partial charge in [0.1, 0.15) is 18.1 Å². The minimum absolute atomic E-state index is 0.0454. The molecule has 2 aliphatic rings. The average Bonchev–Trinajstić information content (AvgIpc) is 3.60. The number of amides is 1. The number of carboxylic acid groups (broad SMARTS) is 1. The third-order valence-electron chi connectivity index (χ3n) is 6.77. The minimum atomic E-state index is -0.765. The van der Waals surface area contributed by atoms with Crippen LogP contribution in [0.15, 0.2) is 22.9 Å². The van der Waals surface area contributed by atoms with Gasteiger partial charge in [0.05, 0.1) is 29.5 Å². The highest BCUT2D eigenvalue weighted by molar-refractivity contribution is 5.70. The van der Waals surface area contributed by atoms with E-state index >= 15 is 0 Å². The number of hydrogen-bond donors (Lipinski definition) is 1. The number of carbonyl (C=O) groups excluding carboxylic acids is 1. The summed E-state index contributed by atoms with van der Waals surface area (Å²) in [5, 5.41) is 13.3. The zero-order chi connectivity index (χ0) is 23.5. The molecule has 2 aliphatic carbocycles. The van der Waals surface area contributed by atoms with Crippen LogP contribution in [0.1, 0.15) is 56.7 Å². The molecule has 9 nitrogen and oxygen atoms in total. The molecule has 0 saturated heterocycles. The molecular weight excluding hydrogens is 426 g/mol. The van der Waals surface area contributed by atoms with Gasteiger partial charge in [-0.05, 0) is 70.4 Å². The zero-order valence-electron chi connectivity index (χ0n) is 19.3. The standard InChI is InChI=1S/C24H31N3O6/c1-14-20(13-31-24(30)27(3)15(2)16-7-8-16)22(33-26-14)21-10-9-19(12-25-21)32-18-6-4-5-17(11-18)23(28)29/h9-10,12,15-18H,4-8,11,13H2,1-3H3,(H,28,29)/t15-,17+,18+/m1/s1. The van der Waals surface area contributed by atoms with E-state index in [0.29, 0.717) is 47.2 Å². The van der Waals surface area contributed by atoms with E-state index in [1.807, 2.05) is 6.92 Å². The average molecular weight is 458 g/mol. The van der Waals surface area contributed by atoms with Crippen LogP contribution < -0.4 is 4.74 Å². The van der Waals surface area contributed by atoms with Crippen LogP contribution >= 0.6 is 0 Å². The number of ether oxygens (including phenoxy) is 2. The molecule has 0 radical (unpaired) electrons. The predicted octanol–water partition coefficient (Wildman–Crippen LogP) is 4.43. The number of aryl methyl sites for hydroxylation is 1. The molecule has 3 atom stereocenters. The summed E-state index contributed by atoms with van der Waals surface area (Å²) in [4.78, 5) is 29.8. The Morgan fingerprint density at radius 2 is 2.06 bits per heavy atom. The van der Waals surface area contributed by atoms with Crippen LogP contribution in [0, 0.1) is 18.8 Å². The number of pyridine rings is 1. The largest absolute Gasteiger partial charge is 0.489 e. The Kier molecular flexibility index (Phi) is 6.85. The molecule has 2 saturated carbocycles. The first kappa shape index (κ1) is 23.1. The van der Waals surface area contributed by atoms with Crippen molar-refractivity contribution in [3.8, 4) is 17.2 Å². The second kappa shape index (κ2) is 9.80. The molecule has 2 aromatic rings. The Balaban J connectivity index is 1.38. The number of nitrogens with zero attached hydrogens (tertiary/aromatic N) is 3. The van der Waals surface area contributed by atoms with Crippen molar-refractivity contribution in [2.75, 3.05) is 7.05 Å². The maximum atomic E-state index is 12.5. The number of hydrogen-bond acceptors (Lipinski definition) is 7. The van der Waals surface area contributed by atoms with Crippen LogP contribution in [-0.2, 0) is 16.1 Å². The van der Waals surface area contributed by atoms with E-state index in [1.54, 1.807) is 37.2 Å². The lowest BCUT2D eigenvalue weighted by molar-refractivity contribution is -0.143. The summed E-state index contributed by atoms with van der Waals surface area (Å²) >= 11 is 0. The maximum Gasteiger partial charge on any atom is 0.410 e. The van der Waals surface area contributed by atoms with Crippen LogP contribution in [0.25, 0.3) is 11.5 Å². The summed E-state index contributed by atoms with van der Waals surface area (Å²) in [7, 11) is 1.76. The van der Waals surface area contributed by atoms with Crippen LogP contribution in [0.3, 0.4) is 0 Å². The normalized spacial score (nSPS) is 21.3. The summed E-state index contributed by atoms with van der Waals surface area (Å²) in [5.74, 6) is 0.468. The van der Waals surface area contributed by atoms with Crippen molar-refractivity contribution >= 4 is 12.1 Å². The Morgan fingerprint density at radius 3 is 2.73 bits per heavy atom. The molecule has 0 aliphatic heterocycles. The summed E-state index contributed by atoms with van der Waals surface area (Å²) in [6.45, 7) is 3.88. The highest BCUT2D eigenvalue weighted by atomic mass is 16.6. The Morgan fingerprint density at radius 1 is 1.27 bits per heavy atom. The molecule has 33 heavy (non-hydrogen) atoms. The molecule has 1 amide bonds. The molecule has 0 aromatic carbocycles. The van der Waals surface area contributed by atoms with Gasteiger partial charge in [-0.15, -0.1) is 0 Å². The highest BCUT2D eigenvalue weighted by Crippen LogP contribution is 2.35. The van der Waals surface area contributed by atoms with Gasteiger partial charge in [0, 0.05) is 13.1 Å². The lowest BCUT2D eigenvalue weighted by Gasteiger charge is -2.27. The molecule has 0 bridgehead atoms. The lowest BCUT2D eigenvalue weighted by atomic mass is 9.87. The van der Waals surface area contributed by atoms with Gasteiger partial charge < -0.3 is 24.0 Å². The number of carbonyl (C=O) groups is 2. The molecular formula is C24H31N3O6. The van der Waals surface area contributed by atoms with Gasteiger partial charge in [0.15, 0.2) is 5.76 Å². The van der Waals surface area contributed by atoms with E-state index in [-0.39, 0.29) is 30.8 Å². The number of aromatic nitrogens is 2. The maximum absolute atomic E-state index is 12.5. The van der Waals surface area contributed by atoms with E-state index in [2.05, 4.69) is 10.1 Å².